The number of aryl methyl sites for hydroxylation is 2. The molecule has 27 heavy (non-hydrogen) atoms. The van der Waals surface area contributed by atoms with Gasteiger partial charge in [0.25, 0.3) is 5.89 Å². The molecule has 1 aliphatic rings. The first-order valence-corrected chi connectivity index (χ1v) is 8.88. The smallest absolute Gasteiger partial charge is 0.255 e. The summed E-state index contributed by atoms with van der Waals surface area (Å²) in [6, 6.07) is 8.22. The van der Waals surface area contributed by atoms with Crippen LogP contribution in [0.4, 0.5) is 10.2 Å². The molecule has 3 aromatic rings. The maximum Gasteiger partial charge on any atom is 0.255 e. The maximum absolute atomic E-state index is 13.4. The summed E-state index contributed by atoms with van der Waals surface area (Å²) in [6.07, 6.45) is 1.62. The quantitative estimate of drug-likeness (QED) is 0.735. The van der Waals surface area contributed by atoms with Gasteiger partial charge in [0.2, 0.25) is 0 Å². The summed E-state index contributed by atoms with van der Waals surface area (Å²) in [5.74, 6) is 1.54. The van der Waals surface area contributed by atoms with E-state index in [4.69, 9.17) is 9.26 Å². The van der Waals surface area contributed by atoms with Crippen LogP contribution in [0, 0.1) is 19.7 Å². The Bertz CT molecular complexity index is 945. The van der Waals surface area contributed by atoms with Gasteiger partial charge in [-0.1, -0.05) is 17.3 Å². The van der Waals surface area contributed by atoms with E-state index < -0.39 is 0 Å². The molecule has 2 atom stereocenters. The zero-order valence-corrected chi connectivity index (χ0v) is 15.1. The lowest BCUT2D eigenvalue weighted by atomic mass is 10.1. The predicted octanol–water partition coefficient (Wildman–Crippen LogP) is 3.61. The molecule has 0 aliphatic carbocycles. The zero-order chi connectivity index (χ0) is 18.8. The third-order valence-corrected chi connectivity index (χ3v) is 4.53. The fourth-order valence-electron chi connectivity index (χ4n) is 3.14. The molecule has 1 saturated heterocycles. The summed E-state index contributed by atoms with van der Waals surface area (Å²) in [6.45, 7) is 4.34. The van der Waals surface area contributed by atoms with Gasteiger partial charge in [-0.15, -0.1) is 10.2 Å². The van der Waals surface area contributed by atoms with Crippen LogP contribution in [0.2, 0.25) is 0 Å². The average Bonchev–Trinajstić information content (AvgIpc) is 3.29. The molecular weight excluding hydrogens is 349 g/mol. The molecule has 0 unspecified atom stereocenters. The number of ether oxygens (including phenoxy) is 1. The Morgan fingerprint density at radius 3 is 2.81 bits per heavy atom. The Morgan fingerprint density at radius 1 is 1.19 bits per heavy atom. The largest absolute Gasteiger partial charge is 0.366 e. The lowest BCUT2D eigenvalue weighted by Gasteiger charge is -2.14. The lowest BCUT2D eigenvalue weighted by molar-refractivity contribution is 0.0326. The molecule has 4 rings (SSSR count). The van der Waals surface area contributed by atoms with Crippen molar-refractivity contribution in [1.82, 2.24) is 20.3 Å². The second-order valence-corrected chi connectivity index (χ2v) is 6.66. The fraction of sp³-hybridized carbons (Fsp3) is 0.368. The molecule has 0 radical (unpaired) electrons. The highest BCUT2D eigenvalue weighted by Crippen LogP contribution is 2.32. The molecule has 1 fully saturated rings. The Balaban J connectivity index is 1.37. The lowest BCUT2D eigenvalue weighted by Crippen LogP contribution is -2.20. The number of nitrogens with zero attached hydrogens (tertiary/aromatic N) is 4. The number of rotatable bonds is 5. The summed E-state index contributed by atoms with van der Waals surface area (Å²) in [5.41, 5.74) is 2.28. The van der Waals surface area contributed by atoms with Gasteiger partial charge in [-0.3, -0.25) is 0 Å². The van der Waals surface area contributed by atoms with Crippen molar-refractivity contribution >= 4 is 5.82 Å². The van der Waals surface area contributed by atoms with Crippen molar-refractivity contribution in [3.63, 3.8) is 0 Å². The minimum absolute atomic E-state index is 0.0336. The van der Waals surface area contributed by atoms with Crippen LogP contribution in [0.5, 0.6) is 0 Å². The summed E-state index contributed by atoms with van der Waals surface area (Å²) >= 11 is 0. The minimum atomic E-state index is -0.293. The van der Waals surface area contributed by atoms with Crippen molar-refractivity contribution < 1.29 is 13.7 Å². The third-order valence-electron chi connectivity index (χ3n) is 4.53. The Kier molecular flexibility index (Phi) is 4.81. The molecule has 0 saturated carbocycles. The van der Waals surface area contributed by atoms with Crippen LogP contribution in [-0.4, -0.2) is 33.0 Å². The average molecular weight is 369 g/mol. The number of hydrogen-bond acceptors (Lipinski definition) is 7. The highest BCUT2D eigenvalue weighted by molar-refractivity contribution is 5.61. The van der Waals surface area contributed by atoms with Crippen LogP contribution in [0.1, 0.15) is 36.2 Å². The summed E-state index contributed by atoms with van der Waals surface area (Å²) in [5, 5.41) is 15.5. The topological polar surface area (TPSA) is 86.0 Å². The molecule has 1 aromatic carbocycles. The van der Waals surface area contributed by atoms with E-state index in [0.29, 0.717) is 35.3 Å². The Hall–Kier alpha value is -2.87. The molecule has 1 N–H and O–H groups in total. The highest BCUT2D eigenvalue weighted by Gasteiger charge is 2.30. The summed E-state index contributed by atoms with van der Waals surface area (Å²) in [7, 11) is 0. The van der Waals surface area contributed by atoms with Gasteiger partial charge in [0.15, 0.2) is 11.6 Å². The van der Waals surface area contributed by atoms with Crippen molar-refractivity contribution in [2.24, 2.45) is 0 Å². The van der Waals surface area contributed by atoms with Crippen molar-refractivity contribution in [2.45, 2.75) is 38.9 Å². The molecule has 8 heteroatoms. The van der Waals surface area contributed by atoms with Gasteiger partial charge < -0.3 is 14.6 Å². The number of nitrogens with one attached hydrogen (secondary N) is 1. The van der Waals surface area contributed by atoms with Crippen LogP contribution in [0.15, 0.2) is 34.9 Å². The van der Waals surface area contributed by atoms with Crippen LogP contribution in [0.3, 0.4) is 0 Å². The normalized spacial score (nSPS) is 19.4. The number of halogens is 1. The third kappa shape index (κ3) is 3.95. The number of aromatic nitrogens is 4. The minimum Gasteiger partial charge on any atom is -0.366 e. The van der Waals surface area contributed by atoms with E-state index >= 15 is 0 Å². The first kappa shape index (κ1) is 17.5. The van der Waals surface area contributed by atoms with Crippen LogP contribution in [0.25, 0.3) is 11.3 Å². The number of anilines is 1. The Labute approximate surface area is 156 Å². The van der Waals surface area contributed by atoms with E-state index in [-0.39, 0.29) is 18.0 Å². The standard InChI is InChI=1S/C19H20FN5O2/c1-11-8-16(13-4-3-5-14(20)9-13)23-24-18(11)21-10-15-6-7-17(26-15)19-22-12(2)25-27-19/h3-5,8-9,15,17H,6-7,10H2,1-2H3,(H,21,24)/t15-,17+/m1/s1. The molecule has 1 aliphatic heterocycles. The van der Waals surface area contributed by atoms with Crippen molar-refractivity contribution in [1.29, 1.82) is 0 Å². The number of benzene rings is 1. The second-order valence-electron chi connectivity index (χ2n) is 6.66. The van der Waals surface area contributed by atoms with Gasteiger partial charge in [-0.25, -0.2) is 4.39 Å². The molecule has 0 amide bonds. The first-order valence-electron chi connectivity index (χ1n) is 8.88. The van der Waals surface area contributed by atoms with Crippen LogP contribution < -0.4 is 5.32 Å². The fourth-order valence-corrected chi connectivity index (χ4v) is 3.14. The number of hydrogen-bond donors (Lipinski definition) is 1. The highest BCUT2D eigenvalue weighted by atomic mass is 19.1. The maximum atomic E-state index is 13.4. The van der Waals surface area contributed by atoms with E-state index in [1.165, 1.54) is 12.1 Å². The SMILES string of the molecule is Cc1noc([C@@H]2CC[C@H](CNc3nnc(-c4cccc(F)c4)cc3C)O2)n1. The molecule has 140 valence electrons. The predicted molar refractivity (Wildman–Crippen MR) is 96.5 cm³/mol. The van der Waals surface area contributed by atoms with Crippen LogP contribution in [-0.2, 0) is 4.74 Å². The van der Waals surface area contributed by atoms with E-state index in [9.17, 15) is 4.39 Å². The molecule has 7 nitrogen and oxygen atoms in total. The van der Waals surface area contributed by atoms with E-state index in [1.54, 1.807) is 13.0 Å². The van der Waals surface area contributed by atoms with Gasteiger partial charge in [-0.2, -0.15) is 4.98 Å². The second kappa shape index (κ2) is 7.40. The van der Waals surface area contributed by atoms with E-state index in [1.807, 2.05) is 19.1 Å². The van der Waals surface area contributed by atoms with Crippen LogP contribution >= 0.6 is 0 Å². The zero-order valence-electron chi connectivity index (χ0n) is 15.1. The van der Waals surface area contributed by atoms with Crippen molar-refractivity contribution in [3.05, 3.63) is 53.4 Å². The van der Waals surface area contributed by atoms with Gasteiger partial charge in [0, 0.05) is 12.1 Å². The molecular formula is C19H20FN5O2. The van der Waals surface area contributed by atoms with Gasteiger partial charge in [0.1, 0.15) is 11.9 Å². The van der Waals surface area contributed by atoms with Crippen molar-refractivity contribution in [2.75, 3.05) is 11.9 Å². The van der Waals surface area contributed by atoms with Gasteiger partial charge in [0.05, 0.1) is 11.8 Å². The monoisotopic (exact) mass is 369 g/mol. The molecule has 2 aromatic heterocycles. The van der Waals surface area contributed by atoms with E-state index in [0.717, 1.165) is 18.4 Å². The first-order chi connectivity index (χ1) is 13.1. The summed E-state index contributed by atoms with van der Waals surface area (Å²) in [4.78, 5) is 4.23. The van der Waals surface area contributed by atoms with Gasteiger partial charge in [-0.05, 0) is 50.5 Å². The summed E-state index contributed by atoms with van der Waals surface area (Å²) < 4.78 is 24.6. The van der Waals surface area contributed by atoms with E-state index in [2.05, 4.69) is 25.7 Å². The molecule has 0 spiro atoms. The van der Waals surface area contributed by atoms with Gasteiger partial charge >= 0.3 is 0 Å². The van der Waals surface area contributed by atoms with Crippen molar-refractivity contribution in [3.8, 4) is 11.3 Å². The Morgan fingerprint density at radius 2 is 2.07 bits per heavy atom. The molecule has 3 heterocycles. The molecule has 0 bridgehead atoms.